The number of nitrogens with two attached hydrogens (primary N) is 1. The van der Waals surface area contributed by atoms with Crippen molar-refractivity contribution < 1.29 is 9.53 Å². The number of hydrogen-bond acceptors (Lipinski definition) is 5. The molecule has 0 saturated heterocycles. The van der Waals surface area contributed by atoms with E-state index in [1.807, 2.05) is 13.0 Å². The molecule has 1 aromatic rings. The lowest BCUT2D eigenvalue weighted by molar-refractivity contribution is -0.121. The number of nitrogens with zero attached hydrogens (tertiary/aromatic N) is 1. The zero-order chi connectivity index (χ0) is 13.4. The quantitative estimate of drug-likeness (QED) is 0.616. The molecule has 6 nitrogen and oxygen atoms in total. The standard InChI is InChI=1S/C12H20N4O2/c1-9-3-4-10(13)12(16-9)15-6-5-11(17)14-7-8-18-2/h3-4H,5-8,13H2,1-2H3,(H,14,17)(H,15,16). The zero-order valence-electron chi connectivity index (χ0n) is 10.8. The second kappa shape index (κ2) is 7.50. The van der Waals surface area contributed by atoms with Gasteiger partial charge in [-0.05, 0) is 19.1 Å². The van der Waals surface area contributed by atoms with E-state index >= 15 is 0 Å². The number of carbonyl (C=O) groups is 1. The topological polar surface area (TPSA) is 89.3 Å². The van der Waals surface area contributed by atoms with Gasteiger partial charge >= 0.3 is 0 Å². The maximum atomic E-state index is 11.4. The monoisotopic (exact) mass is 252 g/mol. The van der Waals surface area contributed by atoms with Crippen molar-refractivity contribution in [2.75, 3.05) is 37.9 Å². The normalized spacial score (nSPS) is 10.1. The SMILES string of the molecule is COCCNC(=O)CCNc1nc(C)ccc1N. The van der Waals surface area contributed by atoms with Gasteiger partial charge in [0.05, 0.1) is 12.3 Å². The van der Waals surface area contributed by atoms with Crippen molar-refractivity contribution in [1.82, 2.24) is 10.3 Å². The van der Waals surface area contributed by atoms with Crippen LogP contribution < -0.4 is 16.4 Å². The molecule has 0 atom stereocenters. The molecule has 0 aliphatic rings. The number of hydrogen-bond donors (Lipinski definition) is 3. The molecule has 18 heavy (non-hydrogen) atoms. The highest BCUT2D eigenvalue weighted by Gasteiger charge is 2.03. The fraction of sp³-hybridized carbons (Fsp3) is 0.500. The highest BCUT2D eigenvalue weighted by Crippen LogP contribution is 2.14. The summed E-state index contributed by atoms with van der Waals surface area (Å²) < 4.78 is 4.84. The summed E-state index contributed by atoms with van der Waals surface area (Å²) in [6.45, 7) is 3.44. The fourth-order valence-electron chi connectivity index (χ4n) is 1.38. The molecule has 100 valence electrons. The van der Waals surface area contributed by atoms with Gasteiger partial charge in [0.25, 0.3) is 0 Å². The van der Waals surface area contributed by atoms with E-state index in [0.717, 1.165) is 5.69 Å². The van der Waals surface area contributed by atoms with E-state index in [0.29, 0.717) is 37.6 Å². The molecule has 1 rings (SSSR count). The van der Waals surface area contributed by atoms with Gasteiger partial charge in [0.15, 0.2) is 0 Å². The van der Waals surface area contributed by atoms with Crippen molar-refractivity contribution in [3.63, 3.8) is 0 Å². The average molecular weight is 252 g/mol. The molecule has 0 saturated carbocycles. The summed E-state index contributed by atoms with van der Waals surface area (Å²) in [5, 5.41) is 5.79. The van der Waals surface area contributed by atoms with Crippen LogP contribution in [0.4, 0.5) is 11.5 Å². The van der Waals surface area contributed by atoms with E-state index < -0.39 is 0 Å². The number of anilines is 2. The van der Waals surface area contributed by atoms with Gasteiger partial charge in [-0.2, -0.15) is 0 Å². The van der Waals surface area contributed by atoms with Crippen molar-refractivity contribution in [2.24, 2.45) is 0 Å². The van der Waals surface area contributed by atoms with Crippen LogP contribution in [0, 0.1) is 6.92 Å². The minimum atomic E-state index is -0.0224. The maximum absolute atomic E-state index is 11.4. The van der Waals surface area contributed by atoms with Gasteiger partial charge < -0.3 is 21.1 Å². The summed E-state index contributed by atoms with van der Waals surface area (Å²) in [6.07, 6.45) is 0.374. The first-order chi connectivity index (χ1) is 8.63. The van der Waals surface area contributed by atoms with Crippen molar-refractivity contribution in [2.45, 2.75) is 13.3 Å². The van der Waals surface area contributed by atoms with E-state index in [4.69, 9.17) is 10.5 Å². The van der Waals surface area contributed by atoms with Gasteiger partial charge in [-0.3, -0.25) is 4.79 Å². The summed E-state index contributed by atoms with van der Waals surface area (Å²) in [5.74, 6) is 0.602. The molecule has 4 N–H and O–H groups in total. The Morgan fingerprint density at radius 3 is 2.94 bits per heavy atom. The molecule has 0 fully saturated rings. The number of pyridine rings is 1. The Kier molecular flexibility index (Phi) is 5.93. The lowest BCUT2D eigenvalue weighted by Crippen LogP contribution is -2.28. The first-order valence-corrected chi connectivity index (χ1v) is 5.86. The van der Waals surface area contributed by atoms with Gasteiger partial charge in [0, 0.05) is 32.3 Å². The van der Waals surface area contributed by atoms with Crippen LogP contribution in [0.1, 0.15) is 12.1 Å². The molecule has 6 heteroatoms. The predicted molar refractivity (Wildman–Crippen MR) is 71.4 cm³/mol. The summed E-state index contributed by atoms with van der Waals surface area (Å²) in [5.41, 5.74) is 7.23. The molecular weight excluding hydrogens is 232 g/mol. The molecule has 0 spiro atoms. The van der Waals surface area contributed by atoms with Crippen LogP contribution in [0.15, 0.2) is 12.1 Å². The minimum absolute atomic E-state index is 0.0224. The van der Waals surface area contributed by atoms with Gasteiger partial charge in [-0.1, -0.05) is 0 Å². The maximum Gasteiger partial charge on any atom is 0.221 e. The Balaban J connectivity index is 2.28. The van der Waals surface area contributed by atoms with Gasteiger partial charge in [0.1, 0.15) is 5.82 Å². The predicted octanol–water partition coefficient (Wildman–Crippen LogP) is 0.537. The Morgan fingerprint density at radius 1 is 1.44 bits per heavy atom. The van der Waals surface area contributed by atoms with Gasteiger partial charge in [-0.15, -0.1) is 0 Å². The van der Waals surface area contributed by atoms with Gasteiger partial charge in [-0.25, -0.2) is 4.98 Å². The van der Waals surface area contributed by atoms with E-state index in [-0.39, 0.29) is 5.91 Å². The highest BCUT2D eigenvalue weighted by atomic mass is 16.5. The molecule has 0 aliphatic carbocycles. The second-order valence-electron chi connectivity index (χ2n) is 3.91. The Bertz CT molecular complexity index is 396. The van der Waals surface area contributed by atoms with E-state index in [2.05, 4.69) is 15.6 Å². The minimum Gasteiger partial charge on any atom is -0.396 e. The summed E-state index contributed by atoms with van der Waals surface area (Å²) in [7, 11) is 1.60. The van der Waals surface area contributed by atoms with Crippen molar-refractivity contribution in [1.29, 1.82) is 0 Å². The molecule has 0 aliphatic heterocycles. The molecule has 0 radical (unpaired) electrons. The van der Waals surface area contributed by atoms with Gasteiger partial charge in [0.2, 0.25) is 5.91 Å². The third-order valence-electron chi connectivity index (χ3n) is 2.34. The van der Waals surface area contributed by atoms with Crippen molar-refractivity contribution in [3.8, 4) is 0 Å². The van der Waals surface area contributed by atoms with Crippen LogP contribution in [0.5, 0.6) is 0 Å². The third-order valence-corrected chi connectivity index (χ3v) is 2.34. The first-order valence-electron chi connectivity index (χ1n) is 5.86. The number of methoxy groups -OCH3 is 1. The second-order valence-corrected chi connectivity index (χ2v) is 3.91. The summed E-state index contributed by atoms with van der Waals surface area (Å²) in [6, 6.07) is 3.64. The smallest absolute Gasteiger partial charge is 0.221 e. The van der Waals surface area contributed by atoms with Crippen molar-refractivity contribution >= 4 is 17.4 Å². The molecular formula is C12H20N4O2. The van der Waals surface area contributed by atoms with Crippen LogP contribution in [-0.4, -0.2) is 37.7 Å². The number of aryl methyl sites for hydroxylation is 1. The first kappa shape index (κ1) is 14.2. The Hall–Kier alpha value is -1.82. The number of rotatable bonds is 7. The molecule has 1 heterocycles. The summed E-state index contributed by atoms with van der Waals surface area (Å²) in [4.78, 5) is 15.7. The van der Waals surface area contributed by atoms with Crippen molar-refractivity contribution in [3.05, 3.63) is 17.8 Å². The summed E-state index contributed by atoms with van der Waals surface area (Å²) >= 11 is 0. The van der Waals surface area contributed by atoms with Crippen LogP contribution >= 0.6 is 0 Å². The number of carbonyl (C=O) groups excluding carboxylic acids is 1. The van der Waals surface area contributed by atoms with Crippen LogP contribution in [-0.2, 0) is 9.53 Å². The lowest BCUT2D eigenvalue weighted by Gasteiger charge is -2.09. The number of ether oxygens (including phenoxy) is 1. The van der Waals surface area contributed by atoms with Crippen LogP contribution in [0.3, 0.4) is 0 Å². The van der Waals surface area contributed by atoms with Crippen LogP contribution in [0.2, 0.25) is 0 Å². The molecule has 0 bridgehead atoms. The lowest BCUT2D eigenvalue weighted by atomic mass is 10.3. The molecule has 0 aromatic carbocycles. The van der Waals surface area contributed by atoms with E-state index in [1.54, 1.807) is 13.2 Å². The Morgan fingerprint density at radius 2 is 2.22 bits per heavy atom. The van der Waals surface area contributed by atoms with E-state index in [9.17, 15) is 4.79 Å². The number of nitrogens with one attached hydrogen (secondary N) is 2. The molecule has 1 aromatic heterocycles. The average Bonchev–Trinajstić information content (AvgIpc) is 2.34. The van der Waals surface area contributed by atoms with Crippen LogP contribution in [0.25, 0.3) is 0 Å². The Labute approximate surface area is 107 Å². The largest absolute Gasteiger partial charge is 0.396 e. The fourth-order valence-corrected chi connectivity index (χ4v) is 1.38. The zero-order valence-corrected chi connectivity index (χ0v) is 10.8. The highest BCUT2D eigenvalue weighted by molar-refractivity contribution is 5.76. The molecule has 0 unspecified atom stereocenters. The number of nitrogen functional groups attached to an aromatic ring is 1. The van der Waals surface area contributed by atoms with E-state index in [1.165, 1.54) is 0 Å². The molecule has 1 amide bonds. The third kappa shape index (κ3) is 5.01. The number of aromatic nitrogens is 1. The number of amides is 1.